The van der Waals surface area contributed by atoms with Crippen molar-refractivity contribution in [1.82, 2.24) is 24.9 Å². The quantitative estimate of drug-likeness (QED) is 0.640. The van der Waals surface area contributed by atoms with Crippen molar-refractivity contribution < 1.29 is 9.59 Å². The van der Waals surface area contributed by atoms with Crippen LogP contribution >= 0.6 is 0 Å². The van der Waals surface area contributed by atoms with Gasteiger partial charge in [0.05, 0.1) is 6.42 Å². The number of carbonyl (C=O) groups is 2. The van der Waals surface area contributed by atoms with E-state index in [1.54, 1.807) is 0 Å². The first kappa shape index (κ1) is 22.3. The third-order valence-electron chi connectivity index (χ3n) is 6.87. The summed E-state index contributed by atoms with van der Waals surface area (Å²) in [6.45, 7) is 7.07. The molecule has 7 nitrogen and oxygen atoms in total. The van der Waals surface area contributed by atoms with Crippen molar-refractivity contribution in [3.05, 3.63) is 88.2 Å². The van der Waals surface area contributed by atoms with Gasteiger partial charge in [0.15, 0.2) is 5.69 Å². The van der Waals surface area contributed by atoms with Crippen molar-refractivity contribution in [2.24, 2.45) is 0 Å². The SMILES string of the molecule is Cc1ccc(CC(=O)N2CCc3[nH]nc(C(=O)N4CCN(Cc5ccccc5)CC4)c3C2)cc1. The maximum absolute atomic E-state index is 13.3. The number of aryl methyl sites for hydroxylation is 1. The zero-order valence-electron chi connectivity index (χ0n) is 19.7. The number of amides is 2. The molecule has 1 saturated heterocycles. The lowest BCUT2D eigenvalue weighted by Gasteiger charge is -2.35. The topological polar surface area (TPSA) is 72.5 Å². The highest BCUT2D eigenvalue weighted by atomic mass is 16.2. The Hall–Kier alpha value is -3.45. The minimum Gasteiger partial charge on any atom is -0.338 e. The molecule has 2 amide bonds. The summed E-state index contributed by atoms with van der Waals surface area (Å²) in [5, 5.41) is 7.44. The van der Waals surface area contributed by atoms with Crippen LogP contribution in [0.5, 0.6) is 0 Å². The molecule has 2 aliphatic heterocycles. The van der Waals surface area contributed by atoms with Crippen LogP contribution < -0.4 is 0 Å². The number of carbonyl (C=O) groups excluding carboxylic acids is 2. The molecule has 34 heavy (non-hydrogen) atoms. The van der Waals surface area contributed by atoms with Crippen LogP contribution in [0.4, 0.5) is 0 Å². The number of fused-ring (bicyclic) bond motifs is 1. The first-order valence-corrected chi connectivity index (χ1v) is 12.0. The molecule has 176 valence electrons. The van der Waals surface area contributed by atoms with E-state index in [4.69, 9.17) is 0 Å². The third-order valence-corrected chi connectivity index (χ3v) is 6.87. The van der Waals surface area contributed by atoms with E-state index in [9.17, 15) is 9.59 Å². The fourth-order valence-electron chi connectivity index (χ4n) is 4.78. The number of H-pyrrole nitrogens is 1. The molecule has 0 atom stereocenters. The Morgan fingerprint density at radius 3 is 2.35 bits per heavy atom. The zero-order chi connectivity index (χ0) is 23.5. The zero-order valence-corrected chi connectivity index (χ0v) is 19.7. The van der Waals surface area contributed by atoms with Gasteiger partial charge >= 0.3 is 0 Å². The van der Waals surface area contributed by atoms with Crippen LogP contribution in [0.25, 0.3) is 0 Å². The summed E-state index contributed by atoms with van der Waals surface area (Å²) in [5.41, 5.74) is 5.81. The molecule has 7 heteroatoms. The van der Waals surface area contributed by atoms with Crippen LogP contribution in [0.2, 0.25) is 0 Å². The second-order valence-electron chi connectivity index (χ2n) is 9.31. The van der Waals surface area contributed by atoms with Gasteiger partial charge in [-0.15, -0.1) is 0 Å². The second-order valence-corrected chi connectivity index (χ2v) is 9.31. The molecule has 2 aliphatic rings. The molecule has 0 spiro atoms. The average molecular weight is 458 g/mol. The molecule has 0 bridgehead atoms. The molecule has 0 radical (unpaired) electrons. The van der Waals surface area contributed by atoms with Crippen molar-refractivity contribution in [3.63, 3.8) is 0 Å². The van der Waals surface area contributed by atoms with Crippen LogP contribution in [-0.4, -0.2) is 69.4 Å². The largest absolute Gasteiger partial charge is 0.338 e. The van der Waals surface area contributed by atoms with Gasteiger partial charge in [0.1, 0.15) is 0 Å². The summed E-state index contributed by atoms with van der Waals surface area (Å²) < 4.78 is 0. The fourth-order valence-corrected chi connectivity index (χ4v) is 4.78. The molecule has 0 aliphatic carbocycles. The summed E-state index contributed by atoms with van der Waals surface area (Å²) in [7, 11) is 0. The standard InChI is InChI=1S/C27H31N5O2/c1-20-7-9-21(10-8-20)17-25(33)32-12-11-24-23(19-32)26(29-28-24)27(34)31-15-13-30(14-16-31)18-22-5-3-2-4-6-22/h2-10H,11-19H2,1H3,(H,28,29). The van der Waals surface area contributed by atoms with Gasteiger partial charge in [-0.2, -0.15) is 5.10 Å². The number of nitrogens with zero attached hydrogens (tertiary/aromatic N) is 4. The van der Waals surface area contributed by atoms with Crippen molar-refractivity contribution in [3.8, 4) is 0 Å². The molecule has 2 aromatic carbocycles. The molecule has 1 N–H and O–H groups in total. The van der Waals surface area contributed by atoms with Crippen molar-refractivity contribution in [1.29, 1.82) is 0 Å². The van der Waals surface area contributed by atoms with E-state index in [-0.39, 0.29) is 11.8 Å². The molecule has 1 fully saturated rings. The first-order chi connectivity index (χ1) is 16.6. The lowest BCUT2D eigenvalue weighted by molar-refractivity contribution is -0.131. The first-order valence-electron chi connectivity index (χ1n) is 12.0. The Morgan fingerprint density at radius 2 is 1.62 bits per heavy atom. The molecule has 0 saturated carbocycles. The molecule has 3 aromatic rings. The Morgan fingerprint density at radius 1 is 0.882 bits per heavy atom. The van der Waals surface area contributed by atoms with Crippen LogP contribution in [0.15, 0.2) is 54.6 Å². The Labute approximate surface area is 200 Å². The summed E-state index contributed by atoms with van der Waals surface area (Å²) >= 11 is 0. The van der Waals surface area contributed by atoms with Crippen molar-refractivity contribution in [2.75, 3.05) is 32.7 Å². The summed E-state index contributed by atoms with van der Waals surface area (Å²) in [6, 6.07) is 18.5. The second kappa shape index (κ2) is 9.81. The van der Waals surface area contributed by atoms with Crippen molar-refractivity contribution in [2.45, 2.75) is 32.9 Å². The van der Waals surface area contributed by atoms with E-state index in [2.05, 4.69) is 39.4 Å². The molecule has 0 unspecified atom stereocenters. The Kier molecular flexibility index (Phi) is 6.45. The minimum atomic E-state index is -0.0373. The minimum absolute atomic E-state index is 0.0373. The number of aromatic nitrogens is 2. The van der Waals surface area contributed by atoms with Crippen LogP contribution in [0.1, 0.15) is 38.4 Å². The highest BCUT2D eigenvalue weighted by Gasteiger charge is 2.31. The predicted molar refractivity (Wildman–Crippen MR) is 130 cm³/mol. The predicted octanol–water partition coefficient (Wildman–Crippen LogP) is 2.80. The fraction of sp³-hybridized carbons (Fsp3) is 0.370. The summed E-state index contributed by atoms with van der Waals surface area (Å²) in [4.78, 5) is 32.4. The average Bonchev–Trinajstić information content (AvgIpc) is 3.29. The van der Waals surface area contributed by atoms with Crippen LogP contribution in [0, 0.1) is 6.92 Å². The van der Waals surface area contributed by atoms with Gasteiger partial charge in [-0.05, 0) is 18.1 Å². The van der Waals surface area contributed by atoms with E-state index in [1.165, 1.54) is 11.1 Å². The van der Waals surface area contributed by atoms with Gasteiger partial charge < -0.3 is 9.80 Å². The van der Waals surface area contributed by atoms with Gasteiger partial charge in [0, 0.05) is 63.5 Å². The Bertz CT molecular complexity index is 1150. The number of hydrogen-bond acceptors (Lipinski definition) is 4. The van der Waals surface area contributed by atoms with E-state index < -0.39 is 0 Å². The highest BCUT2D eigenvalue weighted by Crippen LogP contribution is 2.23. The smallest absolute Gasteiger partial charge is 0.274 e. The monoisotopic (exact) mass is 457 g/mol. The third kappa shape index (κ3) is 4.89. The molecule has 3 heterocycles. The van der Waals surface area contributed by atoms with Gasteiger partial charge in [0.2, 0.25) is 5.91 Å². The van der Waals surface area contributed by atoms with Crippen LogP contribution in [-0.2, 0) is 30.7 Å². The summed E-state index contributed by atoms with van der Waals surface area (Å²) in [6.07, 6.45) is 1.07. The van der Waals surface area contributed by atoms with E-state index in [1.807, 2.05) is 47.1 Å². The number of benzene rings is 2. The number of aromatic amines is 1. The maximum Gasteiger partial charge on any atom is 0.274 e. The number of hydrogen-bond donors (Lipinski definition) is 1. The molecular formula is C27H31N5O2. The lowest BCUT2D eigenvalue weighted by Crippen LogP contribution is -2.48. The van der Waals surface area contributed by atoms with Crippen LogP contribution in [0.3, 0.4) is 0 Å². The molecular weight excluding hydrogens is 426 g/mol. The normalized spacial score (nSPS) is 16.4. The van der Waals surface area contributed by atoms with E-state index in [0.717, 1.165) is 36.5 Å². The maximum atomic E-state index is 13.3. The Balaban J connectivity index is 1.20. The highest BCUT2D eigenvalue weighted by molar-refractivity contribution is 5.94. The number of rotatable bonds is 5. The molecule has 1 aromatic heterocycles. The van der Waals surface area contributed by atoms with Gasteiger partial charge in [-0.25, -0.2) is 0 Å². The molecule has 5 rings (SSSR count). The number of nitrogens with one attached hydrogen (secondary N) is 1. The number of piperazine rings is 1. The lowest BCUT2D eigenvalue weighted by atomic mass is 10.0. The van der Waals surface area contributed by atoms with E-state index in [0.29, 0.717) is 44.7 Å². The van der Waals surface area contributed by atoms with Gasteiger partial charge in [-0.1, -0.05) is 60.2 Å². The summed E-state index contributed by atoms with van der Waals surface area (Å²) in [5.74, 6) is 0.0494. The van der Waals surface area contributed by atoms with Crippen molar-refractivity contribution >= 4 is 11.8 Å². The van der Waals surface area contributed by atoms with Gasteiger partial charge in [0.25, 0.3) is 5.91 Å². The van der Waals surface area contributed by atoms with Gasteiger partial charge in [-0.3, -0.25) is 19.6 Å². The van der Waals surface area contributed by atoms with E-state index >= 15 is 0 Å².